The van der Waals surface area contributed by atoms with E-state index in [2.05, 4.69) is 4.72 Å². The van der Waals surface area contributed by atoms with Crippen molar-refractivity contribution in [3.05, 3.63) is 65.7 Å². The predicted molar refractivity (Wildman–Crippen MR) is 82.2 cm³/mol. The Bertz CT molecular complexity index is 746. The number of sulfonamides is 1. The van der Waals surface area contributed by atoms with E-state index in [-0.39, 0.29) is 6.42 Å². The first-order valence-electron chi connectivity index (χ1n) is 7.00. The third-order valence-corrected chi connectivity index (χ3v) is 4.95. The number of halogens is 2. The van der Waals surface area contributed by atoms with Crippen molar-refractivity contribution in [3.63, 3.8) is 0 Å². The van der Waals surface area contributed by atoms with Gasteiger partial charge in [-0.3, -0.25) is 0 Å². The summed E-state index contributed by atoms with van der Waals surface area (Å²) in [6.45, 7) is 1.52. The van der Waals surface area contributed by atoms with Gasteiger partial charge < -0.3 is 5.11 Å². The van der Waals surface area contributed by atoms with E-state index in [0.29, 0.717) is 5.56 Å². The Balaban J connectivity index is 2.11. The van der Waals surface area contributed by atoms with Crippen LogP contribution < -0.4 is 4.72 Å². The minimum Gasteiger partial charge on any atom is -0.388 e. The molecule has 0 amide bonds. The number of hydrogen-bond acceptors (Lipinski definition) is 3. The number of nitrogens with one attached hydrogen (secondary N) is 1. The van der Waals surface area contributed by atoms with E-state index in [1.165, 1.54) is 6.92 Å². The van der Waals surface area contributed by atoms with Crippen LogP contribution in [0.4, 0.5) is 8.78 Å². The van der Waals surface area contributed by atoms with E-state index in [1.54, 1.807) is 30.3 Å². The van der Waals surface area contributed by atoms with E-state index in [4.69, 9.17) is 0 Å². The lowest BCUT2D eigenvalue weighted by Gasteiger charge is -2.18. The molecule has 0 aliphatic heterocycles. The van der Waals surface area contributed by atoms with Crippen molar-refractivity contribution in [2.45, 2.75) is 30.4 Å². The number of aliphatic hydroxyl groups excluding tert-OH is 1. The Hall–Kier alpha value is -1.83. The number of hydrogen-bond donors (Lipinski definition) is 2. The van der Waals surface area contributed by atoms with Gasteiger partial charge in [0.1, 0.15) is 11.6 Å². The summed E-state index contributed by atoms with van der Waals surface area (Å²) in [5.74, 6) is -2.32. The summed E-state index contributed by atoms with van der Waals surface area (Å²) in [6, 6.07) is 10.8. The zero-order chi connectivity index (χ0) is 17.0. The summed E-state index contributed by atoms with van der Waals surface area (Å²) < 4.78 is 53.7. The summed E-state index contributed by atoms with van der Waals surface area (Å²) >= 11 is 0. The first-order valence-corrected chi connectivity index (χ1v) is 8.49. The van der Waals surface area contributed by atoms with Crippen LogP contribution in [0, 0.1) is 11.6 Å². The molecule has 23 heavy (non-hydrogen) atoms. The second-order valence-electron chi connectivity index (χ2n) is 5.24. The summed E-state index contributed by atoms with van der Waals surface area (Å²) in [4.78, 5) is -1.01. The molecule has 2 aromatic rings. The topological polar surface area (TPSA) is 66.4 Å². The summed E-state index contributed by atoms with van der Waals surface area (Å²) in [5.41, 5.74) is 0.635. The Morgan fingerprint density at radius 3 is 2.17 bits per heavy atom. The first kappa shape index (κ1) is 17.5. The molecule has 0 aliphatic rings. The molecule has 2 N–H and O–H groups in total. The Morgan fingerprint density at radius 2 is 1.61 bits per heavy atom. The van der Waals surface area contributed by atoms with Crippen LogP contribution in [-0.2, 0) is 10.0 Å². The highest BCUT2D eigenvalue weighted by Crippen LogP contribution is 2.21. The molecule has 0 fully saturated rings. The molecule has 4 nitrogen and oxygen atoms in total. The second-order valence-corrected chi connectivity index (χ2v) is 6.89. The molecule has 7 heteroatoms. The highest BCUT2D eigenvalue weighted by molar-refractivity contribution is 7.89. The highest BCUT2D eigenvalue weighted by atomic mass is 32.2. The van der Waals surface area contributed by atoms with Crippen molar-refractivity contribution in [2.75, 3.05) is 0 Å². The predicted octanol–water partition coefficient (Wildman–Crippen LogP) is 2.76. The Morgan fingerprint density at radius 1 is 1.04 bits per heavy atom. The maximum Gasteiger partial charge on any atom is 0.246 e. The van der Waals surface area contributed by atoms with Crippen LogP contribution in [0.25, 0.3) is 0 Å². The zero-order valence-electron chi connectivity index (χ0n) is 12.4. The second kappa shape index (κ2) is 7.16. The van der Waals surface area contributed by atoms with Crippen molar-refractivity contribution in [1.82, 2.24) is 4.72 Å². The maximum absolute atomic E-state index is 13.6. The van der Waals surface area contributed by atoms with Crippen LogP contribution in [0.3, 0.4) is 0 Å². The molecule has 2 atom stereocenters. The summed E-state index contributed by atoms with van der Waals surface area (Å²) in [5, 5.41) is 10.1. The number of aliphatic hydroxyl groups is 1. The van der Waals surface area contributed by atoms with E-state index < -0.39 is 38.7 Å². The molecule has 0 spiro atoms. The van der Waals surface area contributed by atoms with E-state index in [9.17, 15) is 22.3 Å². The minimum atomic E-state index is -4.36. The van der Waals surface area contributed by atoms with Crippen molar-refractivity contribution >= 4 is 10.0 Å². The van der Waals surface area contributed by atoms with Crippen molar-refractivity contribution in [2.24, 2.45) is 0 Å². The largest absolute Gasteiger partial charge is 0.388 e. The van der Waals surface area contributed by atoms with Gasteiger partial charge in [0.2, 0.25) is 10.0 Å². The first-order chi connectivity index (χ1) is 10.8. The fraction of sp³-hybridized carbons (Fsp3) is 0.250. The molecule has 0 saturated heterocycles. The third-order valence-electron chi connectivity index (χ3n) is 3.31. The molecule has 2 unspecified atom stereocenters. The van der Waals surface area contributed by atoms with Gasteiger partial charge in [0.15, 0.2) is 4.90 Å². The molecular formula is C16H17F2NO3S. The van der Waals surface area contributed by atoms with Crippen molar-refractivity contribution < 1.29 is 22.3 Å². The van der Waals surface area contributed by atoms with Gasteiger partial charge in [0.05, 0.1) is 6.10 Å². The lowest BCUT2D eigenvalue weighted by Crippen LogP contribution is -2.34. The standard InChI is InChI=1S/C16H17F2NO3S/c1-11(10-15(20)12-6-3-2-4-7-12)19-23(21,22)16-13(17)8-5-9-14(16)18/h2-9,11,15,19-20H,10H2,1H3. The summed E-state index contributed by atoms with van der Waals surface area (Å²) in [7, 11) is -4.36. The monoisotopic (exact) mass is 341 g/mol. The highest BCUT2D eigenvalue weighted by Gasteiger charge is 2.26. The van der Waals surface area contributed by atoms with Crippen LogP contribution in [0.5, 0.6) is 0 Å². The normalized spacial score (nSPS) is 14.4. The molecule has 124 valence electrons. The number of benzene rings is 2. The van der Waals surface area contributed by atoms with Crippen LogP contribution in [0.1, 0.15) is 25.0 Å². The van der Waals surface area contributed by atoms with Gasteiger partial charge in [0.25, 0.3) is 0 Å². The van der Waals surface area contributed by atoms with Gasteiger partial charge in [-0.1, -0.05) is 36.4 Å². The molecule has 0 aromatic heterocycles. The van der Waals surface area contributed by atoms with Gasteiger partial charge in [-0.25, -0.2) is 21.9 Å². The lowest BCUT2D eigenvalue weighted by molar-refractivity contribution is 0.158. The van der Waals surface area contributed by atoms with Crippen LogP contribution in [-0.4, -0.2) is 19.6 Å². The average Bonchev–Trinajstić information content (AvgIpc) is 2.46. The van der Waals surface area contributed by atoms with Crippen LogP contribution >= 0.6 is 0 Å². The fourth-order valence-electron chi connectivity index (χ4n) is 2.26. The molecule has 0 aliphatic carbocycles. The quantitative estimate of drug-likeness (QED) is 0.849. The van der Waals surface area contributed by atoms with Crippen LogP contribution in [0.2, 0.25) is 0 Å². The van der Waals surface area contributed by atoms with Crippen molar-refractivity contribution in [1.29, 1.82) is 0 Å². The van der Waals surface area contributed by atoms with E-state index in [1.807, 2.05) is 0 Å². The fourth-order valence-corrected chi connectivity index (χ4v) is 3.65. The van der Waals surface area contributed by atoms with E-state index in [0.717, 1.165) is 18.2 Å². The zero-order valence-corrected chi connectivity index (χ0v) is 13.2. The Kier molecular flexibility index (Phi) is 5.46. The molecule has 0 radical (unpaired) electrons. The number of rotatable bonds is 6. The van der Waals surface area contributed by atoms with Crippen LogP contribution in [0.15, 0.2) is 53.4 Å². The molecule has 0 heterocycles. The smallest absolute Gasteiger partial charge is 0.246 e. The van der Waals surface area contributed by atoms with Gasteiger partial charge in [-0.2, -0.15) is 0 Å². The SMILES string of the molecule is CC(CC(O)c1ccccc1)NS(=O)(=O)c1c(F)cccc1F. The average molecular weight is 341 g/mol. The molecular weight excluding hydrogens is 324 g/mol. The maximum atomic E-state index is 13.6. The van der Waals surface area contributed by atoms with Gasteiger partial charge in [-0.15, -0.1) is 0 Å². The van der Waals surface area contributed by atoms with Gasteiger partial charge in [0, 0.05) is 6.04 Å². The minimum absolute atomic E-state index is 0.0688. The van der Waals surface area contributed by atoms with Crippen molar-refractivity contribution in [3.8, 4) is 0 Å². The lowest BCUT2D eigenvalue weighted by atomic mass is 10.0. The van der Waals surface area contributed by atoms with Gasteiger partial charge in [-0.05, 0) is 31.0 Å². The third kappa shape index (κ3) is 4.34. The van der Waals surface area contributed by atoms with Gasteiger partial charge >= 0.3 is 0 Å². The van der Waals surface area contributed by atoms with E-state index >= 15 is 0 Å². The molecule has 0 saturated carbocycles. The Labute approximate surface area is 133 Å². The molecule has 0 bridgehead atoms. The summed E-state index contributed by atoms with van der Waals surface area (Å²) in [6.07, 6.45) is -0.821. The molecule has 2 rings (SSSR count). The molecule has 2 aromatic carbocycles.